The highest BCUT2D eigenvalue weighted by atomic mass is 32.2. The molecule has 2 atom stereocenters. The topological polar surface area (TPSA) is 101 Å². The molecule has 5 rings (SSSR count). The summed E-state index contributed by atoms with van der Waals surface area (Å²) in [4.78, 5) is 15.3. The van der Waals surface area contributed by atoms with E-state index >= 15 is 0 Å². The standard InChI is InChI=1S/C22H27N3O6S/c26-22(18-15-17(18)21-2-1-9-31-21)23-19-14-16(32(27,28)25-7-12-30-13-8-25)3-4-20(19)24-5-10-29-11-6-24/h1-4,9,14,17-18H,5-8,10-13,15H2,(H,23,26)/t17-,18+/m0/s1. The molecule has 3 aliphatic rings. The quantitative estimate of drug-likeness (QED) is 0.701. The van der Waals surface area contributed by atoms with Crippen molar-refractivity contribution in [1.82, 2.24) is 4.31 Å². The number of hydrogen-bond acceptors (Lipinski definition) is 7. The maximum Gasteiger partial charge on any atom is 0.243 e. The molecule has 2 aromatic rings. The summed E-state index contributed by atoms with van der Waals surface area (Å²) in [5, 5.41) is 3.01. The highest BCUT2D eigenvalue weighted by Gasteiger charge is 2.46. The Bertz CT molecular complexity index is 1060. The van der Waals surface area contributed by atoms with E-state index in [9.17, 15) is 13.2 Å². The second kappa shape index (κ2) is 8.86. The molecule has 2 aliphatic heterocycles. The molecule has 1 aromatic carbocycles. The number of rotatable bonds is 6. The van der Waals surface area contributed by atoms with Crippen LogP contribution in [0, 0.1) is 5.92 Å². The molecule has 0 spiro atoms. The van der Waals surface area contributed by atoms with Crippen LogP contribution in [-0.2, 0) is 24.3 Å². The Morgan fingerprint density at radius 1 is 1.00 bits per heavy atom. The lowest BCUT2D eigenvalue weighted by atomic mass is 10.2. The average Bonchev–Trinajstić information content (AvgIpc) is 3.45. The van der Waals surface area contributed by atoms with Crippen molar-refractivity contribution in [2.75, 3.05) is 62.8 Å². The van der Waals surface area contributed by atoms with Gasteiger partial charge in [0.05, 0.1) is 49.0 Å². The van der Waals surface area contributed by atoms with Gasteiger partial charge in [0.2, 0.25) is 15.9 Å². The Labute approximate surface area is 187 Å². The number of benzene rings is 1. The molecule has 1 N–H and O–H groups in total. The molecule has 32 heavy (non-hydrogen) atoms. The van der Waals surface area contributed by atoms with Crippen molar-refractivity contribution < 1.29 is 27.1 Å². The van der Waals surface area contributed by atoms with Crippen molar-refractivity contribution in [2.45, 2.75) is 17.2 Å². The zero-order valence-corrected chi connectivity index (χ0v) is 18.6. The summed E-state index contributed by atoms with van der Waals surface area (Å²) in [7, 11) is -3.67. The minimum atomic E-state index is -3.67. The van der Waals surface area contributed by atoms with E-state index in [2.05, 4.69) is 10.2 Å². The molecule has 1 aliphatic carbocycles. The smallest absolute Gasteiger partial charge is 0.243 e. The third-order valence-corrected chi connectivity index (χ3v) is 8.12. The number of amides is 1. The van der Waals surface area contributed by atoms with Crippen molar-refractivity contribution in [2.24, 2.45) is 5.92 Å². The summed E-state index contributed by atoms with van der Waals surface area (Å²) in [6.07, 6.45) is 2.33. The summed E-state index contributed by atoms with van der Waals surface area (Å²) in [5.74, 6) is 0.569. The second-order valence-corrected chi connectivity index (χ2v) is 10.2. The first kappa shape index (κ1) is 21.4. The van der Waals surface area contributed by atoms with Crippen molar-refractivity contribution in [3.05, 3.63) is 42.4 Å². The normalized spacial score (nSPS) is 24.3. The molecule has 1 amide bonds. The molecule has 1 saturated carbocycles. The first-order valence-corrected chi connectivity index (χ1v) is 12.4. The number of nitrogens with zero attached hydrogens (tertiary/aromatic N) is 2. The number of morpholine rings is 2. The maximum atomic E-state index is 13.2. The number of furan rings is 1. The predicted molar refractivity (Wildman–Crippen MR) is 117 cm³/mol. The summed E-state index contributed by atoms with van der Waals surface area (Å²) >= 11 is 0. The Hall–Kier alpha value is -2.40. The molecule has 1 aromatic heterocycles. The van der Waals surface area contributed by atoms with Crippen molar-refractivity contribution in [3.8, 4) is 0 Å². The van der Waals surface area contributed by atoms with Crippen LogP contribution in [0.15, 0.2) is 45.9 Å². The third-order valence-electron chi connectivity index (χ3n) is 6.22. The van der Waals surface area contributed by atoms with E-state index in [0.717, 1.165) is 17.9 Å². The summed E-state index contributed by atoms with van der Waals surface area (Å²) in [6, 6.07) is 8.68. The molecule has 9 nitrogen and oxygen atoms in total. The minimum absolute atomic E-state index is 0.0668. The largest absolute Gasteiger partial charge is 0.469 e. The lowest BCUT2D eigenvalue weighted by Gasteiger charge is -2.31. The van der Waals surface area contributed by atoms with Crippen LogP contribution in [0.1, 0.15) is 18.1 Å². The molecular weight excluding hydrogens is 434 g/mol. The molecule has 10 heteroatoms. The zero-order chi connectivity index (χ0) is 22.1. The molecule has 0 unspecified atom stereocenters. The fourth-order valence-corrected chi connectivity index (χ4v) is 5.75. The van der Waals surface area contributed by atoms with Gasteiger partial charge >= 0.3 is 0 Å². The van der Waals surface area contributed by atoms with Gasteiger partial charge in [-0.3, -0.25) is 4.79 Å². The average molecular weight is 462 g/mol. The van der Waals surface area contributed by atoms with Crippen LogP contribution in [-0.4, -0.2) is 71.2 Å². The van der Waals surface area contributed by atoms with Crippen LogP contribution >= 0.6 is 0 Å². The van der Waals surface area contributed by atoms with Crippen LogP contribution in [0.25, 0.3) is 0 Å². The van der Waals surface area contributed by atoms with Crippen molar-refractivity contribution in [3.63, 3.8) is 0 Å². The van der Waals surface area contributed by atoms with Gasteiger partial charge < -0.3 is 24.1 Å². The van der Waals surface area contributed by atoms with E-state index in [1.807, 2.05) is 12.1 Å². The number of hydrogen-bond donors (Lipinski definition) is 1. The van der Waals surface area contributed by atoms with E-state index in [0.29, 0.717) is 58.3 Å². The van der Waals surface area contributed by atoms with Gasteiger partial charge in [-0.1, -0.05) is 0 Å². The Kier molecular flexibility index (Phi) is 5.93. The third kappa shape index (κ3) is 4.27. The van der Waals surface area contributed by atoms with Gasteiger partial charge in [0.1, 0.15) is 5.76 Å². The Morgan fingerprint density at radius 3 is 2.41 bits per heavy atom. The lowest BCUT2D eigenvalue weighted by Crippen LogP contribution is -2.40. The summed E-state index contributed by atoms with van der Waals surface area (Å²) < 4.78 is 44.0. The van der Waals surface area contributed by atoms with Gasteiger partial charge in [-0.25, -0.2) is 8.42 Å². The van der Waals surface area contributed by atoms with Crippen LogP contribution in [0.3, 0.4) is 0 Å². The van der Waals surface area contributed by atoms with Gasteiger partial charge in [-0.2, -0.15) is 4.31 Å². The number of carbonyl (C=O) groups excluding carboxylic acids is 1. The molecule has 0 bridgehead atoms. The zero-order valence-electron chi connectivity index (χ0n) is 17.7. The van der Waals surface area contributed by atoms with E-state index in [1.165, 1.54) is 4.31 Å². The first-order valence-electron chi connectivity index (χ1n) is 10.9. The van der Waals surface area contributed by atoms with Gasteiger partial charge in [-0.15, -0.1) is 0 Å². The van der Waals surface area contributed by atoms with Gasteiger partial charge in [0.15, 0.2) is 0 Å². The number of anilines is 2. The van der Waals surface area contributed by atoms with Gasteiger partial charge in [-0.05, 0) is 36.8 Å². The first-order chi connectivity index (χ1) is 15.5. The number of ether oxygens (including phenoxy) is 2. The molecule has 3 fully saturated rings. The van der Waals surface area contributed by atoms with E-state index < -0.39 is 10.0 Å². The SMILES string of the molecule is O=C(Nc1cc(S(=O)(=O)N2CCOCC2)ccc1N1CCOCC1)[C@@H]1C[C@@H]1c1ccco1. The maximum absolute atomic E-state index is 13.2. The van der Waals surface area contributed by atoms with E-state index in [1.54, 1.807) is 24.5 Å². The summed E-state index contributed by atoms with van der Waals surface area (Å²) in [5.41, 5.74) is 1.31. The van der Waals surface area contributed by atoms with Gasteiger partial charge in [0.25, 0.3) is 0 Å². The monoisotopic (exact) mass is 461 g/mol. The van der Waals surface area contributed by atoms with Crippen molar-refractivity contribution >= 4 is 27.3 Å². The van der Waals surface area contributed by atoms with Gasteiger partial charge in [0, 0.05) is 38.0 Å². The van der Waals surface area contributed by atoms with Crippen LogP contribution in [0.4, 0.5) is 11.4 Å². The number of nitrogens with one attached hydrogen (secondary N) is 1. The molecule has 0 radical (unpaired) electrons. The predicted octanol–water partition coefficient (Wildman–Crippen LogP) is 1.88. The summed E-state index contributed by atoms with van der Waals surface area (Å²) in [6.45, 7) is 3.93. The number of carbonyl (C=O) groups is 1. The fourth-order valence-electron chi connectivity index (χ4n) is 4.32. The van der Waals surface area contributed by atoms with Crippen molar-refractivity contribution in [1.29, 1.82) is 0 Å². The van der Waals surface area contributed by atoms with E-state index in [-0.39, 0.29) is 22.6 Å². The molecule has 172 valence electrons. The molecule has 3 heterocycles. The second-order valence-electron chi connectivity index (χ2n) is 8.25. The Balaban J connectivity index is 1.41. The highest BCUT2D eigenvalue weighted by Crippen LogP contribution is 2.48. The lowest BCUT2D eigenvalue weighted by molar-refractivity contribution is -0.117. The van der Waals surface area contributed by atoms with Crippen LogP contribution in [0.5, 0.6) is 0 Å². The van der Waals surface area contributed by atoms with Crippen LogP contribution < -0.4 is 10.2 Å². The Morgan fingerprint density at radius 2 is 1.72 bits per heavy atom. The molecule has 2 saturated heterocycles. The molecular formula is C22H27N3O6S. The minimum Gasteiger partial charge on any atom is -0.469 e. The van der Waals surface area contributed by atoms with E-state index in [4.69, 9.17) is 13.9 Å². The van der Waals surface area contributed by atoms with Crippen LogP contribution in [0.2, 0.25) is 0 Å². The highest BCUT2D eigenvalue weighted by molar-refractivity contribution is 7.89. The fraction of sp³-hybridized carbons (Fsp3) is 0.500. The number of sulfonamides is 1.